The van der Waals surface area contributed by atoms with Crippen molar-refractivity contribution in [3.8, 4) is 0 Å². The third kappa shape index (κ3) is 1.29. The lowest BCUT2D eigenvalue weighted by Crippen LogP contribution is -2.04. The molecule has 0 aliphatic rings. The van der Waals surface area contributed by atoms with E-state index in [1.807, 2.05) is 0 Å². The summed E-state index contributed by atoms with van der Waals surface area (Å²) >= 11 is 0. The summed E-state index contributed by atoms with van der Waals surface area (Å²) in [4.78, 5) is 7.65. The monoisotopic (exact) mass is 212 g/mol. The van der Waals surface area contributed by atoms with E-state index >= 15 is 0 Å². The van der Waals surface area contributed by atoms with Gasteiger partial charge < -0.3 is 4.52 Å². The number of hydrogen-bond donors (Lipinski definition) is 0. The van der Waals surface area contributed by atoms with Crippen LogP contribution in [0.5, 0.6) is 0 Å². The van der Waals surface area contributed by atoms with Crippen molar-refractivity contribution >= 4 is 7.67 Å². The molecular formula is C7H9N4O2P. The van der Waals surface area contributed by atoms with Crippen molar-refractivity contribution in [2.75, 3.05) is 7.11 Å². The normalized spacial score (nSPS) is 11.8. The largest absolute Gasteiger partial charge is 0.406 e. The van der Waals surface area contributed by atoms with Gasteiger partial charge in [0.05, 0.1) is 0 Å². The van der Waals surface area contributed by atoms with Gasteiger partial charge in [0.1, 0.15) is 12.7 Å². The first-order chi connectivity index (χ1) is 6.77. The molecule has 0 spiro atoms. The Balaban J connectivity index is 2.51. The highest BCUT2D eigenvalue weighted by Crippen LogP contribution is 2.47. The van der Waals surface area contributed by atoms with Gasteiger partial charge in [0, 0.05) is 31.9 Å². The summed E-state index contributed by atoms with van der Waals surface area (Å²) in [5.41, 5.74) is 0. The Kier molecular flexibility index (Phi) is 2.23. The smallest absolute Gasteiger partial charge is 0.300 e. The Morgan fingerprint density at radius 3 is 1.93 bits per heavy atom. The first-order valence-electron chi connectivity index (χ1n) is 3.91. The first-order valence-corrected chi connectivity index (χ1v) is 5.44. The van der Waals surface area contributed by atoms with E-state index in [1.165, 1.54) is 28.4 Å². The van der Waals surface area contributed by atoms with Gasteiger partial charge in [0.25, 0.3) is 0 Å². The molecule has 0 aromatic carbocycles. The van der Waals surface area contributed by atoms with Crippen molar-refractivity contribution in [3.05, 3.63) is 37.4 Å². The summed E-state index contributed by atoms with van der Waals surface area (Å²) < 4.78 is 20.2. The van der Waals surface area contributed by atoms with Crippen LogP contribution in [0.2, 0.25) is 0 Å². The number of nitrogens with zero attached hydrogens (tertiary/aromatic N) is 4. The van der Waals surface area contributed by atoms with E-state index in [2.05, 4.69) is 9.97 Å². The summed E-state index contributed by atoms with van der Waals surface area (Å²) in [5.74, 6) is 0. The highest BCUT2D eigenvalue weighted by Gasteiger charge is 2.25. The molecule has 0 aliphatic carbocycles. The first kappa shape index (κ1) is 9.18. The van der Waals surface area contributed by atoms with Gasteiger partial charge in [-0.15, -0.1) is 0 Å². The fourth-order valence-corrected chi connectivity index (χ4v) is 2.56. The molecule has 0 radical (unpaired) electrons. The van der Waals surface area contributed by atoms with Crippen LogP contribution in [-0.2, 0) is 9.09 Å². The van der Waals surface area contributed by atoms with Crippen LogP contribution < -0.4 is 0 Å². The highest BCUT2D eigenvalue weighted by atomic mass is 31.2. The average molecular weight is 212 g/mol. The van der Waals surface area contributed by atoms with Gasteiger partial charge in [-0.1, -0.05) is 0 Å². The fourth-order valence-electron chi connectivity index (χ4n) is 1.11. The molecule has 0 saturated heterocycles. The molecule has 0 fully saturated rings. The SMILES string of the molecule is COP(=O)(n1ccnc1)n1ccnc1. The molecule has 0 amide bonds. The lowest BCUT2D eigenvalue weighted by atomic mass is 11.0. The number of imidazole rings is 2. The Bertz CT molecular complexity index is 398. The number of aromatic nitrogens is 4. The zero-order valence-corrected chi connectivity index (χ0v) is 8.41. The van der Waals surface area contributed by atoms with Crippen molar-refractivity contribution in [3.63, 3.8) is 0 Å². The predicted molar refractivity (Wildman–Crippen MR) is 49.9 cm³/mol. The maximum absolute atomic E-state index is 12.3. The van der Waals surface area contributed by atoms with Crippen LogP contribution in [0.3, 0.4) is 0 Å². The molecule has 0 atom stereocenters. The van der Waals surface area contributed by atoms with E-state index in [9.17, 15) is 4.57 Å². The zero-order valence-electron chi connectivity index (χ0n) is 7.52. The molecular weight excluding hydrogens is 203 g/mol. The maximum atomic E-state index is 12.3. The Morgan fingerprint density at radius 2 is 1.64 bits per heavy atom. The molecule has 2 aromatic rings. The van der Waals surface area contributed by atoms with E-state index in [4.69, 9.17) is 4.52 Å². The number of rotatable bonds is 3. The Hall–Kier alpha value is -1.39. The van der Waals surface area contributed by atoms with Crippen LogP contribution >= 0.6 is 7.67 Å². The topological polar surface area (TPSA) is 61.9 Å². The zero-order chi connectivity index (χ0) is 10.0. The third-order valence-corrected chi connectivity index (χ3v) is 3.92. The second-order valence-corrected chi connectivity index (χ2v) is 4.83. The quantitative estimate of drug-likeness (QED) is 0.718. The van der Waals surface area contributed by atoms with Crippen molar-refractivity contribution < 1.29 is 9.09 Å². The second kappa shape index (κ2) is 3.40. The summed E-state index contributed by atoms with van der Waals surface area (Å²) in [6.07, 6.45) is 9.16. The standard InChI is InChI=1S/C7H9N4O2P/c1-13-14(12,10-4-2-8-6-10)11-5-3-9-7-11/h2-7H,1H3. The van der Waals surface area contributed by atoms with Gasteiger partial charge in [0.2, 0.25) is 0 Å². The molecule has 0 bridgehead atoms. The van der Waals surface area contributed by atoms with Gasteiger partial charge in [-0.2, -0.15) is 0 Å². The molecule has 0 aliphatic heterocycles. The van der Waals surface area contributed by atoms with Gasteiger partial charge >= 0.3 is 7.67 Å². The molecule has 74 valence electrons. The van der Waals surface area contributed by atoms with Crippen LogP contribution in [0.1, 0.15) is 0 Å². The van der Waals surface area contributed by atoms with Gasteiger partial charge in [-0.05, 0) is 0 Å². The minimum Gasteiger partial charge on any atom is -0.300 e. The summed E-state index contributed by atoms with van der Waals surface area (Å²) in [6, 6.07) is 0. The van der Waals surface area contributed by atoms with Crippen molar-refractivity contribution in [1.82, 2.24) is 18.6 Å². The van der Waals surface area contributed by atoms with Crippen molar-refractivity contribution in [1.29, 1.82) is 0 Å². The minimum absolute atomic E-state index is 1.39. The molecule has 0 N–H and O–H groups in total. The van der Waals surface area contributed by atoms with Crippen LogP contribution in [0.25, 0.3) is 0 Å². The van der Waals surface area contributed by atoms with E-state index in [1.54, 1.807) is 24.8 Å². The van der Waals surface area contributed by atoms with E-state index < -0.39 is 7.67 Å². The van der Waals surface area contributed by atoms with Gasteiger partial charge in [0.15, 0.2) is 0 Å². The van der Waals surface area contributed by atoms with Crippen LogP contribution in [-0.4, -0.2) is 25.8 Å². The summed E-state index contributed by atoms with van der Waals surface area (Å²) in [5, 5.41) is 0. The summed E-state index contributed by atoms with van der Waals surface area (Å²) in [6.45, 7) is 0. The third-order valence-electron chi connectivity index (χ3n) is 1.80. The Labute approximate surface area is 80.7 Å². The Morgan fingerprint density at radius 1 is 1.14 bits per heavy atom. The molecule has 7 heteroatoms. The predicted octanol–water partition coefficient (Wildman–Crippen LogP) is 1.23. The molecule has 0 unspecified atom stereocenters. The molecule has 6 nitrogen and oxygen atoms in total. The highest BCUT2D eigenvalue weighted by molar-refractivity contribution is 7.55. The molecule has 2 aromatic heterocycles. The minimum atomic E-state index is -3.10. The number of hydrogen-bond acceptors (Lipinski definition) is 4. The lowest BCUT2D eigenvalue weighted by molar-refractivity contribution is 0.376. The van der Waals surface area contributed by atoms with Gasteiger partial charge in [-0.3, -0.25) is 0 Å². The molecule has 0 saturated carbocycles. The molecule has 2 heterocycles. The van der Waals surface area contributed by atoms with E-state index in [0.29, 0.717) is 0 Å². The maximum Gasteiger partial charge on any atom is 0.406 e. The second-order valence-electron chi connectivity index (χ2n) is 2.56. The molecule has 2 rings (SSSR count). The van der Waals surface area contributed by atoms with E-state index in [0.717, 1.165) is 0 Å². The fraction of sp³-hybridized carbons (Fsp3) is 0.143. The van der Waals surface area contributed by atoms with Crippen molar-refractivity contribution in [2.45, 2.75) is 0 Å². The van der Waals surface area contributed by atoms with Crippen LogP contribution in [0.4, 0.5) is 0 Å². The van der Waals surface area contributed by atoms with Crippen LogP contribution in [0.15, 0.2) is 37.4 Å². The lowest BCUT2D eigenvalue weighted by Gasteiger charge is -2.16. The van der Waals surface area contributed by atoms with Crippen molar-refractivity contribution in [2.24, 2.45) is 0 Å². The van der Waals surface area contributed by atoms with Crippen LogP contribution in [0, 0.1) is 0 Å². The molecule has 14 heavy (non-hydrogen) atoms. The van der Waals surface area contributed by atoms with Gasteiger partial charge in [-0.25, -0.2) is 23.2 Å². The summed E-state index contributed by atoms with van der Waals surface area (Å²) in [7, 11) is -1.71. The average Bonchev–Trinajstić information content (AvgIpc) is 2.88. The van der Waals surface area contributed by atoms with E-state index in [-0.39, 0.29) is 0 Å².